The molecule has 3 heteroatoms. The van der Waals surface area contributed by atoms with Crippen molar-refractivity contribution in [1.82, 2.24) is 10.1 Å². The van der Waals surface area contributed by atoms with Gasteiger partial charge in [0.25, 0.3) is 0 Å². The molecule has 1 saturated heterocycles. The van der Waals surface area contributed by atoms with Crippen LogP contribution in [-0.4, -0.2) is 23.1 Å². The lowest BCUT2D eigenvalue weighted by molar-refractivity contribution is 0.0438. The summed E-state index contributed by atoms with van der Waals surface area (Å²) in [4.78, 5) is 2.71. The Morgan fingerprint density at radius 3 is 2.67 bits per heavy atom. The van der Waals surface area contributed by atoms with Gasteiger partial charge in [0.15, 0.2) is 0 Å². The average molecular weight is 282 g/mol. The molecule has 4 rings (SSSR count). The lowest BCUT2D eigenvalue weighted by atomic mass is 9.74. The standard InChI is InChI=1S/C18H22N2O/c1-3-7-16(8-4-1)18(20-11-5-2-6-12-20)10-9-15-14-19-21-17(15)13-18/h1,3-4,7-8,14H,2,5-6,9-13H2. The van der Waals surface area contributed by atoms with Crippen LogP contribution in [0.1, 0.15) is 42.6 Å². The summed E-state index contributed by atoms with van der Waals surface area (Å²) in [6.07, 6.45) is 9.12. The first-order valence-electron chi connectivity index (χ1n) is 8.11. The van der Waals surface area contributed by atoms with Crippen LogP contribution in [-0.2, 0) is 18.4 Å². The van der Waals surface area contributed by atoms with Crippen LogP contribution in [0.5, 0.6) is 0 Å². The topological polar surface area (TPSA) is 29.3 Å². The molecule has 1 aliphatic carbocycles. The van der Waals surface area contributed by atoms with E-state index in [4.69, 9.17) is 4.52 Å². The van der Waals surface area contributed by atoms with E-state index in [1.54, 1.807) is 0 Å². The predicted molar refractivity (Wildman–Crippen MR) is 82.1 cm³/mol. The summed E-state index contributed by atoms with van der Waals surface area (Å²) in [5.41, 5.74) is 2.85. The van der Waals surface area contributed by atoms with E-state index in [1.165, 1.54) is 49.9 Å². The summed E-state index contributed by atoms with van der Waals surface area (Å²) >= 11 is 0. The number of nitrogens with zero attached hydrogens (tertiary/aromatic N) is 2. The minimum absolute atomic E-state index is 0.105. The lowest BCUT2D eigenvalue weighted by Gasteiger charge is -2.48. The van der Waals surface area contributed by atoms with Gasteiger partial charge in [-0.1, -0.05) is 41.9 Å². The minimum Gasteiger partial charge on any atom is -0.361 e. The zero-order valence-electron chi connectivity index (χ0n) is 12.4. The van der Waals surface area contributed by atoms with Crippen molar-refractivity contribution in [2.75, 3.05) is 13.1 Å². The second kappa shape index (κ2) is 5.30. The summed E-state index contributed by atoms with van der Waals surface area (Å²) in [6.45, 7) is 2.41. The van der Waals surface area contributed by atoms with Gasteiger partial charge in [-0.25, -0.2) is 0 Å². The Morgan fingerprint density at radius 1 is 1.05 bits per heavy atom. The molecular weight excluding hydrogens is 260 g/mol. The Bertz CT molecular complexity index is 601. The smallest absolute Gasteiger partial charge is 0.142 e. The van der Waals surface area contributed by atoms with Crippen molar-refractivity contribution in [3.05, 3.63) is 53.4 Å². The number of hydrogen-bond acceptors (Lipinski definition) is 3. The van der Waals surface area contributed by atoms with E-state index in [2.05, 4.69) is 40.4 Å². The van der Waals surface area contributed by atoms with E-state index >= 15 is 0 Å². The van der Waals surface area contributed by atoms with Gasteiger partial charge in [-0.05, 0) is 44.3 Å². The quantitative estimate of drug-likeness (QED) is 0.843. The molecule has 2 aromatic rings. The Kier molecular flexibility index (Phi) is 3.30. The first kappa shape index (κ1) is 13.1. The third-order valence-electron chi connectivity index (χ3n) is 5.26. The number of rotatable bonds is 2. The molecule has 1 atom stereocenters. The van der Waals surface area contributed by atoms with Gasteiger partial charge in [0, 0.05) is 12.0 Å². The van der Waals surface area contributed by atoms with Crippen molar-refractivity contribution in [2.24, 2.45) is 0 Å². The second-order valence-electron chi connectivity index (χ2n) is 6.40. The molecule has 0 radical (unpaired) electrons. The number of aryl methyl sites for hydroxylation is 1. The average Bonchev–Trinajstić information content (AvgIpc) is 3.03. The zero-order valence-corrected chi connectivity index (χ0v) is 12.4. The van der Waals surface area contributed by atoms with E-state index in [0.29, 0.717) is 0 Å². The molecule has 1 fully saturated rings. The van der Waals surface area contributed by atoms with Gasteiger partial charge in [-0.3, -0.25) is 4.90 Å². The summed E-state index contributed by atoms with van der Waals surface area (Å²) < 4.78 is 5.55. The Balaban J connectivity index is 1.76. The molecule has 0 amide bonds. The first-order chi connectivity index (χ1) is 10.4. The molecule has 21 heavy (non-hydrogen) atoms. The lowest BCUT2D eigenvalue weighted by Crippen LogP contribution is -2.51. The van der Waals surface area contributed by atoms with Gasteiger partial charge in [-0.15, -0.1) is 0 Å². The molecule has 0 saturated carbocycles. The van der Waals surface area contributed by atoms with Crippen molar-refractivity contribution in [1.29, 1.82) is 0 Å². The van der Waals surface area contributed by atoms with Crippen molar-refractivity contribution in [2.45, 2.75) is 44.1 Å². The van der Waals surface area contributed by atoms with Crippen LogP contribution in [0.3, 0.4) is 0 Å². The zero-order chi connectivity index (χ0) is 14.1. The van der Waals surface area contributed by atoms with Crippen LogP contribution in [0.2, 0.25) is 0 Å². The number of aromatic nitrogens is 1. The highest BCUT2D eigenvalue weighted by Crippen LogP contribution is 2.42. The summed E-state index contributed by atoms with van der Waals surface area (Å²) in [5.74, 6) is 1.09. The Morgan fingerprint density at radius 2 is 1.86 bits per heavy atom. The molecule has 2 heterocycles. The van der Waals surface area contributed by atoms with E-state index < -0.39 is 0 Å². The van der Waals surface area contributed by atoms with Gasteiger partial charge in [-0.2, -0.15) is 0 Å². The maximum atomic E-state index is 5.55. The maximum absolute atomic E-state index is 5.55. The highest BCUT2D eigenvalue weighted by atomic mass is 16.5. The van der Waals surface area contributed by atoms with E-state index in [0.717, 1.165) is 18.6 Å². The number of fused-ring (bicyclic) bond motifs is 1. The highest BCUT2D eigenvalue weighted by Gasteiger charge is 2.43. The fraction of sp³-hybridized carbons (Fsp3) is 0.500. The van der Waals surface area contributed by atoms with Gasteiger partial charge >= 0.3 is 0 Å². The molecule has 1 aromatic carbocycles. The molecule has 1 unspecified atom stereocenters. The summed E-state index contributed by atoms with van der Waals surface area (Å²) in [5, 5.41) is 4.01. The Labute approximate surface area is 125 Å². The molecule has 110 valence electrons. The van der Waals surface area contributed by atoms with Gasteiger partial charge in [0.05, 0.1) is 11.7 Å². The van der Waals surface area contributed by atoms with Crippen LogP contribution < -0.4 is 0 Å². The third-order valence-corrected chi connectivity index (χ3v) is 5.26. The molecule has 1 aliphatic heterocycles. The number of piperidine rings is 1. The molecule has 0 N–H and O–H groups in total. The van der Waals surface area contributed by atoms with Crippen molar-refractivity contribution < 1.29 is 4.52 Å². The molecule has 0 spiro atoms. The normalized spacial score (nSPS) is 26.5. The largest absolute Gasteiger partial charge is 0.361 e. The van der Waals surface area contributed by atoms with E-state index in [9.17, 15) is 0 Å². The molecular formula is C18H22N2O. The van der Waals surface area contributed by atoms with Crippen LogP contribution in [0.4, 0.5) is 0 Å². The fourth-order valence-corrected chi connectivity index (χ4v) is 4.10. The van der Waals surface area contributed by atoms with Crippen molar-refractivity contribution >= 4 is 0 Å². The van der Waals surface area contributed by atoms with Crippen molar-refractivity contribution in [3.8, 4) is 0 Å². The Hall–Kier alpha value is -1.61. The molecule has 0 bridgehead atoms. The van der Waals surface area contributed by atoms with Crippen LogP contribution in [0.25, 0.3) is 0 Å². The molecule has 1 aromatic heterocycles. The maximum Gasteiger partial charge on any atom is 0.142 e. The van der Waals surface area contributed by atoms with Crippen LogP contribution >= 0.6 is 0 Å². The SMILES string of the molecule is c1ccc(C2(N3CCCCC3)CCc3cnoc3C2)cc1. The van der Waals surface area contributed by atoms with Crippen LogP contribution in [0.15, 0.2) is 41.1 Å². The molecule has 2 aliphatic rings. The van der Waals surface area contributed by atoms with Gasteiger partial charge in [0.2, 0.25) is 0 Å². The minimum atomic E-state index is 0.105. The number of hydrogen-bond donors (Lipinski definition) is 0. The monoisotopic (exact) mass is 282 g/mol. The number of likely N-dealkylation sites (tertiary alicyclic amines) is 1. The second-order valence-corrected chi connectivity index (χ2v) is 6.40. The van der Waals surface area contributed by atoms with Crippen molar-refractivity contribution in [3.63, 3.8) is 0 Å². The summed E-state index contributed by atoms with van der Waals surface area (Å²) in [6, 6.07) is 11.0. The van der Waals surface area contributed by atoms with E-state index in [1.807, 2.05) is 6.20 Å². The fourth-order valence-electron chi connectivity index (χ4n) is 4.10. The third kappa shape index (κ3) is 2.20. The van der Waals surface area contributed by atoms with Gasteiger partial charge < -0.3 is 4.52 Å². The molecule has 3 nitrogen and oxygen atoms in total. The van der Waals surface area contributed by atoms with Gasteiger partial charge in [0.1, 0.15) is 5.76 Å². The highest BCUT2D eigenvalue weighted by molar-refractivity contribution is 5.32. The first-order valence-corrected chi connectivity index (χ1v) is 8.11. The summed E-state index contributed by atoms with van der Waals surface area (Å²) in [7, 11) is 0. The predicted octanol–water partition coefficient (Wildman–Crippen LogP) is 3.54. The number of benzene rings is 1. The van der Waals surface area contributed by atoms with E-state index in [-0.39, 0.29) is 5.54 Å². The van der Waals surface area contributed by atoms with Crippen LogP contribution in [0, 0.1) is 0 Å².